The van der Waals surface area contributed by atoms with E-state index in [0.29, 0.717) is 6.42 Å². The number of rotatable bonds is 3. The fourth-order valence-electron chi connectivity index (χ4n) is 3.14. The van der Waals surface area contributed by atoms with Crippen LogP contribution in [-0.4, -0.2) is 52.8 Å². The number of fused-ring (bicyclic) bond motifs is 2. The Bertz CT molecular complexity index is 861. The zero-order valence-electron chi connectivity index (χ0n) is 16.0. The number of aliphatic hydroxyl groups excluding tert-OH is 1. The lowest BCUT2D eigenvalue weighted by Crippen LogP contribution is -2.12. The Hall–Kier alpha value is -2.96. The van der Waals surface area contributed by atoms with E-state index < -0.39 is 18.0 Å². The van der Waals surface area contributed by atoms with E-state index in [2.05, 4.69) is 61.5 Å². The first-order valence-electron chi connectivity index (χ1n) is 8.98. The Labute approximate surface area is 164 Å². The van der Waals surface area contributed by atoms with E-state index in [1.807, 2.05) is 12.1 Å². The summed E-state index contributed by atoms with van der Waals surface area (Å²) >= 11 is 0. The highest BCUT2D eigenvalue weighted by atomic mass is 16.4. The van der Waals surface area contributed by atoms with Gasteiger partial charge in [-0.25, -0.2) is 9.59 Å². The monoisotopic (exact) mass is 383 g/mol. The summed E-state index contributed by atoms with van der Waals surface area (Å²) in [5, 5.41) is 25.4. The maximum Gasteiger partial charge on any atom is 0.414 e. The van der Waals surface area contributed by atoms with E-state index in [4.69, 9.17) is 19.8 Å². The molecule has 0 saturated carbocycles. The molecule has 2 aromatic carbocycles. The van der Waals surface area contributed by atoms with Crippen LogP contribution in [0, 0.1) is 0 Å². The minimum absolute atomic E-state index is 0.433. The molecule has 0 aliphatic heterocycles. The molecule has 148 valence electrons. The predicted octanol–water partition coefficient (Wildman–Crippen LogP) is 2.82. The van der Waals surface area contributed by atoms with Crippen molar-refractivity contribution in [3.8, 4) is 0 Å². The van der Waals surface area contributed by atoms with Gasteiger partial charge < -0.3 is 20.2 Å². The van der Waals surface area contributed by atoms with Crippen molar-refractivity contribution in [2.75, 3.05) is 20.6 Å². The first-order valence-corrected chi connectivity index (χ1v) is 8.98. The molecule has 0 fully saturated rings. The maximum atomic E-state index is 10.6. The summed E-state index contributed by atoms with van der Waals surface area (Å²) in [6.45, 7) is 1.02. The second-order valence-electron chi connectivity index (χ2n) is 6.78. The Morgan fingerprint density at radius 3 is 2.18 bits per heavy atom. The van der Waals surface area contributed by atoms with Gasteiger partial charge in [-0.2, -0.15) is 0 Å². The summed E-state index contributed by atoms with van der Waals surface area (Å²) in [4.78, 5) is 20.4. The van der Waals surface area contributed by atoms with E-state index in [1.54, 1.807) is 0 Å². The highest BCUT2D eigenvalue weighted by Crippen LogP contribution is 2.37. The van der Waals surface area contributed by atoms with Crippen LogP contribution in [0.2, 0.25) is 0 Å². The molecule has 2 aromatic rings. The van der Waals surface area contributed by atoms with Crippen LogP contribution in [0.25, 0.3) is 5.57 Å². The van der Waals surface area contributed by atoms with Gasteiger partial charge in [0.2, 0.25) is 0 Å². The molecule has 28 heavy (non-hydrogen) atoms. The van der Waals surface area contributed by atoms with Crippen LogP contribution in [0.3, 0.4) is 0 Å². The highest BCUT2D eigenvalue weighted by Gasteiger charge is 2.22. The van der Waals surface area contributed by atoms with E-state index in [-0.39, 0.29) is 0 Å². The van der Waals surface area contributed by atoms with Gasteiger partial charge >= 0.3 is 11.9 Å². The molecule has 1 aliphatic rings. The molecule has 0 radical (unpaired) electrons. The Morgan fingerprint density at radius 1 is 1.00 bits per heavy atom. The van der Waals surface area contributed by atoms with Gasteiger partial charge in [-0.15, -0.1) is 0 Å². The molecule has 0 bridgehead atoms. The SMILES string of the molecule is CN(C)CC/C=C1/c2ccccc2CC(O)c2ccccc21.O=C(O)C(=O)O. The molecule has 0 amide bonds. The Morgan fingerprint density at radius 2 is 1.57 bits per heavy atom. The molecule has 0 saturated heterocycles. The molecule has 0 aromatic heterocycles. The first kappa shape index (κ1) is 21.3. The highest BCUT2D eigenvalue weighted by molar-refractivity contribution is 6.27. The number of hydrogen-bond acceptors (Lipinski definition) is 4. The molecule has 0 heterocycles. The molecule has 3 rings (SSSR count). The third-order valence-corrected chi connectivity index (χ3v) is 4.44. The summed E-state index contributed by atoms with van der Waals surface area (Å²) in [5.41, 5.74) is 5.94. The van der Waals surface area contributed by atoms with E-state index in [1.165, 1.54) is 22.3 Å². The summed E-state index contributed by atoms with van der Waals surface area (Å²) < 4.78 is 0. The summed E-state index contributed by atoms with van der Waals surface area (Å²) in [6.07, 6.45) is 3.56. The molecule has 1 unspecified atom stereocenters. The fourth-order valence-corrected chi connectivity index (χ4v) is 3.14. The van der Waals surface area contributed by atoms with Crippen LogP contribution in [0.5, 0.6) is 0 Å². The van der Waals surface area contributed by atoms with Crippen molar-refractivity contribution >= 4 is 17.5 Å². The Kier molecular flexibility index (Phi) is 7.49. The van der Waals surface area contributed by atoms with Crippen molar-refractivity contribution in [3.05, 3.63) is 76.9 Å². The molecule has 6 nitrogen and oxygen atoms in total. The second-order valence-corrected chi connectivity index (χ2v) is 6.78. The van der Waals surface area contributed by atoms with Crippen molar-refractivity contribution in [1.29, 1.82) is 0 Å². The van der Waals surface area contributed by atoms with Gasteiger partial charge in [0.05, 0.1) is 6.10 Å². The molecule has 0 spiro atoms. The number of carbonyl (C=O) groups is 2. The topological polar surface area (TPSA) is 98.1 Å². The van der Waals surface area contributed by atoms with Crippen LogP contribution < -0.4 is 0 Å². The Balaban J connectivity index is 0.000000409. The third kappa shape index (κ3) is 5.52. The quantitative estimate of drug-likeness (QED) is 0.705. The summed E-state index contributed by atoms with van der Waals surface area (Å²) in [6, 6.07) is 16.7. The molecular weight excluding hydrogens is 358 g/mol. The number of aliphatic carboxylic acids is 2. The molecule has 6 heteroatoms. The largest absolute Gasteiger partial charge is 0.473 e. The lowest BCUT2D eigenvalue weighted by atomic mass is 9.93. The number of carboxylic acid groups (broad SMARTS) is 2. The van der Waals surface area contributed by atoms with Gasteiger partial charge in [0.1, 0.15) is 0 Å². The maximum absolute atomic E-state index is 10.6. The number of aliphatic hydroxyl groups is 1. The van der Waals surface area contributed by atoms with Gasteiger partial charge in [0.25, 0.3) is 0 Å². The standard InChI is InChI=1S/C20H23NO.C2H2O4/c1-21(2)13-7-12-17-16-9-4-3-8-15(16)14-20(22)19-11-6-5-10-18(17)19;3-1(4)2(5)6/h3-6,8-12,20,22H,7,13-14H2,1-2H3;(H,3,4)(H,5,6)/b17-12-;. The van der Waals surface area contributed by atoms with Crippen molar-refractivity contribution < 1.29 is 24.9 Å². The van der Waals surface area contributed by atoms with Crippen LogP contribution in [0.1, 0.15) is 34.8 Å². The summed E-state index contributed by atoms with van der Waals surface area (Å²) in [5.74, 6) is -3.65. The van der Waals surface area contributed by atoms with E-state index in [0.717, 1.165) is 18.5 Å². The molecule has 3 N–H and O–H groups in total. The zero-order chi connectivity index (χ0) is 20.7. The average molecular weight is 383 g/mol. The van der Waals surface area contributed by atoms with Gasteiger partial charge in [-0.05, 0) is 48.3 Å². The van der Waals surface area contributed by atoms with E-state index >= 15 is 0 Å². The fraction of sp³-hybridized carbons (Fsp3) is 0.273. The smallest absolute Gasteiger partial charge is 0.414 e. The minimum atomic E-state index is -1.82. The van der Waals surface area contributed by atoms with Crippen molar-refractivity contribution in [2.45, 2.75) is 18.9 Å². The van der Waals surface area contributed by atoms with E-state index in [9.17, 15) is 5.11 Å². The van der Waals surface area contributed by atoms with Crippen molar-refractivity contribution in [3.63, 3.8) is 0 Å². The number of hydrogen-bond donors (Lipinski definition) is 3. The van der Waals surface area contributed by atoms with Gasteiger partial charge in [0, 0.05) is 13.0 Å². The zero-order valence-corrected chi connectivity index (χ0v) is 16.0. The van der Waals surface area contributed by atoms with Crippen LogP contribution in [0.15, 0.2) is 54.6 Å². The van der Waals surface area contributed by atoms with Crippen molar-refractivity contribution in [2.24, 2.45) is 0 Å². The predicted molar refractivity (Wildman–Crippen MR) is 107 cm³/mol. The third-order valence-electron chi connectivity index (χ3n) is 4.44. The van der Waals surface area contributed by atoms with Crippen LogP contribution in [0.4, 0.5) is 0 Å². The number of nitrogens with zero attached hydrogens (tertiary/aromatic N) is 1. The van der Waals surface area contributed by atoms with Gasteiger partial charge in [-0.1, -0.05) is 54.6 Å². The van der Waals surface area contributed by atoms with Gasteiger partial charge in [0.15, 0.2) is 0 Å². The molecular formula is C22H25NO5. The lowest BCUT2D eigenvalue weighted by Gasteiger charge is -2.14. The molecule has 1 aliphatic carbocycles. The van der Waals surface area contributed by atoms with Crippen molar-refractivity contribution in [1.82, 2.24) is 4.90 Å². The first-order chi connectivity index (χ1) is 13.3. The van der Waals surface area contributed by atoms with Crippen LogP contribution in [-0.2, 0) is 16.0 Å². The average Bonchev–Trinajstić information content (AvgIpc) is 2.77. The normalized spacial score (nSPS) is 16.4. The second kappa shape index (κ2) is 9.82. The van der Waals surface area contributed by atoms with Crippen LogP contribution >= 0.6 is 0 Å². The number of carboxylic acids is 2. The summed E-state index contributed by atoms with van der Waals surface area (Å²) in [7, 11) is 4.19. The minimum Gasteiger partial charge on any atom is -0.473 e. The van der Waals surface area contributed by atoms with Gasteiger partial charge in [-0.3, -0.25) is 0 Å². The number of benzene rings is 2. The molecule has 1 atom stereocenters. The lowest BCUT2D eigenvalue weighted by molar-refractivity contribution is -0.159.